The first-order valence-corrected chi connectivity index (χ1v) is 6.88. The summed E-state index contributed by atoms with van der Waals surface area (Å²) in [6, 6.07) is 7.26. The van der Waals surface area contributed by atoms with Crippen LogP contribution in [-0.2, 0) is 5.41 Å². The summed E-state index contributed by atoms with van der Waals surface area (Å²) >= 11 is 0. The predicted octanol–water partition coefficient (Wildman–Crippen LogP) is 4.23. The zero-order valence-corrected chi connectivity index (χ0v) is 13.1. The smallest absolute Gasteiger partial charge is 0.324 e. The van der Waals surface area contributed by atoms with E-state index in [0.29, 0.717) is 5.82 Å². The first kappa shape index (κ1) is 15.1. The maximum Gasteiger partial charge on any atom is 0.324 e. The van der Waals surface area contributed by atoms with Gasteiger partial charge in [-0.25, -0.2) is 4.79 Å². The number of nitrogens with one attached hydrogen (secondary N) is 2. The Morgan fingerprint density at radius 1 is 1.14 bits per heavy atom. The number of hydrogen-bond donors (Lipinski definition) is 2. The van der Waals surface area contributed by atoms with E-state index >= 15 is 0 Å². The van der Waals surface area contributed by atoms with Crippen molar-refractivity contribution < 1.29 is 9.32 Å². The Morgan fingerprint density at radius 3 is 2.43 bits per heavy atom. The van der Waals surface area contributed by atoms with Crippen LogP contribution in [0.25, 0.3) is 0 Å². The Kier molecular flexibility index (Phi) is 4.02. The lowest BCUT2D eigenvalue weighted by Crippen LogP contribution is -2.20. The van der Waals surface area contributed by atoms with Crippen molar-refractivity contribution in [2.24, 2.45) is 0 Å². The van der Waals surface area contributed by atoms with Gasteiger partial charge in [0.25, 0.3) is 0 Å². The van der Waals surface area contributed by atoms with Crippen LogP contribution in [0.3, 0.4) is 0 Å². The normalized spacial score (nSPS) is 11.3. The lowest BCUT2D eigenvalue weighted by molar-refractivity contribution is 0.262. The number of hydrogen-bond acceptors (Lipinski definition) is 3. The fraction of sp³-hybridized carbons (Fsp3) is 0.375. The molecule has 0 fully saturated rings. The Balaban J connectivity index is 2.03. The van der Waals surface area contributed by atoms with Crippen molar-refractivity contribution in [2.45, 2.75) is 40.0 Å². The molecule has 0 spiro atoms. The van der Waals surface area contributed by atoms with Gasteiger partial charge in [-0.2, -0.15) is 0 Å². The van der Waals surface area contributed by atoms with Gasteiger partial charge < -0.3 is 9.84 Å². The molecule has 5 heteroatoms. The zero-order valence-electron chi connectivity index (χ0n) is 13.1. The van der Waals surface area contributed by atoms with Gasteiger partial charge in [-0.15, -0.1) is 0 Å². The highest BCUT2D eigenvalue weighted by Crippen LogP contribution is 2.24. The summed E-state index contributed by atoms with van der Waals surface area (Å²) in [5, 5.41) is 9.33. The molecule has 0 aliphatic heterocycles. The topological polar surface area (TPSA) is 67.2 Å². The fourth-order valence-corrected chi connectivity index (χ4v) is 1.91. The molecule has 2 amide bonds. The summed E-state index contributed by atoms with van der Waals surface area (Å²) in [4.78, 5) is 12.0. The number of aryl methyl sites for hydroxylation is 2. The molecule has 21 heavy (non-hydrogen) atoms. The molecule has 0 aliphatic rings. The minimum Gasteiger partial charge on any atom is -0.359 e. The number of rotatable bonds is 2. The van der Waals surface area contributed by atoms with Crippen molar-refractivity contribution in [3.8, 4) is 0 Å². The number of carbonyl (C=O) groups excluding carboxylic acids is 1. The number of anilines is 2. The van der Waals surface area contributed by atoms with Gasteiger partial charge in [0, 0.05) is 17.2 Å². The average Bonchev–Trinajstić information content (AvgIpc) is 2.81. The van der Waals surface area contributed by atoms with Crippen molar-refractivity contribution in [1.29, 1.82) is 0 Å². The van der Waals surface area contributed by atoms with Gasteiger partial charge in [-0.3, -0.25) is 5.32 Å². The van der Waals surface area contributed by atoms with Crippen LogP contribution < -0.4 is 10.6 Å². The molecule has 0 saturated heterocycles. The molecule has 112 valence electrons. The fourth-order valence-electron chi connectivity index (χ4n) is 1.91. The molecule has 0 unspecified atom stereocenters. The third-order valence-corrected chi connectivity index (χ3v) is 3.12. The van der Waals surface area contributed by atoms with Crippen LogP contribution in [0.4, 0.5) is 16.3 Å². The SMILES string of the molecule is Cc1ccc(NC(=O)Nc2cc(C(C)(C)C)on2)c(C)c1. The van der Waals surface area contributed by atoms with E-state index < -0.39 is 0 Å². The lowest BCUT2D eigenvalue weighted by atomic mass is 9.93. The summed E-state index contributed by atoms with van der Waals surface area (Å²) in [6.45, 7) is 10.0. The van der Waals surface area contributed by atoms with Crippen molar-refractivity contribution in [1.82, 2.24) is 5.16 Å². The van der Waals surface area contributed by atoms with Gasteiger partial charge >= 0.3 is 6.03 Å². The van der Waals surface area contributed by atoms with E-state index in [0.717, 1.165) is 22.6 Å². The summed E-state index contributed by atoms with van der Waals surface area (Å²) < 4.78 is 5.23. The molecular formula is C16H21N3O2. The molecular weight excluding hydrogens is 266 g/mol. The van der Waals surface area contributed by atoms with E-state index in [1.54, 1.807) is 6.07 Å². The summed E-state index contributed by atoms with van der Waals surface area (Å²) in [5.74, 6) is 1.13. The minimum absolute atomic E-state index is 0.142. The Bertz CT molecular complexity index is 654. The largest absolute Gasteiger partial charge is 0.359 e. The second-order valence-corrected chi connectivity index (χ2v) is 6.22. The molecule has 1 heterocycles. The maximum absolute atomic E-state index is 12.0. The average molecular weight is 287 g/mol. The van der Waals surface area contributed by atoms with Crippen LogP contribution in [-0.4, -0.2) is 11.2 Å². The van der Waals surface area contributed by atoms with Gasteiger partial charge in [0.1, 0.15) is 5.76 Å². The van der Waals surface area contributed by atoms with Crippen molar-refractivity contribution in [3.05, 3.63) is 41.2 Å². The molecule has 1 aromatic carbocycles. The zero-order chi connectivity index (χ0) is 15.6. The second-order valence-electron chi connectivity index (χ2n) is 6.22. The standard InChI is InChI=1S/C16H21N3O2/c1-10-6-7-12(11(2)8-10)17-15(20)18-14-9-13(21-19-14)16(3,4)5/h6-9H,1-5H3,(H2,17,18,19,20). The molecule has 1 aromatic heterocycles. The minimum atomic E-state index is -0.337. The van der Waals surface area contributed by atoms with Crippen molar-refractivity contribution in [3.63, 3.8) is 0 Å². The van der Waals surface area contributed by atoms with Crippen LogP contribution in [0.5, 0.6) is 0 Å². The predicted molar refractivity (Wildman–Crippen MR) is 83.8 cm³/mol. The maximum atomic E-state index is 12.0. The van der Waals surface area contributed by atoms with E-state index in [1.807, 2.05) is 52.8 Å². The first-order valence-electron chi connectivity index (χ1n) is 6.88. The number of amides is 2. The number of urea groups is 1. The molecule has 5 nitrogen and oxygen atoms in total. The first-order chi connectivity index (χ1) is 9.75. The Labute approximate surface area is 124 Å². The Morgan fingerprint density at radius 2 is 1.86 bits per heavy atom. The Hall–Kier alpha value is -2.30. The van der Waals surface area contributed by atoms with Crippen LogP contribution in [0.2, 0.25) is 0 Å². The molecule has 0 bridgehead atoms. The third kappa shape index (κ3) is 3.84. The molecule has 2 rings (SSSR count). The van der Waals surface area contributed by atoms with Crippen LogP contribution in [0.15, 0.2) is 28.8 Å². The van der Waals surface area contributed by atoms with E-state index in [2.05, 4.69) is 15.8 Å². The molecule has 2 aromatic rings. The quantitative estimate of drug-likeness (QED) is 0.868. The highest BCUT2D eigenvalue weighted by atomic mass is 16.5. The molecule has 0 radical (unpaired) electrons. The summed E-state index contributed by atoms with van der Waals surface area (Å²) in [6.07, 6.45) is 0. The number of aromatic nitrogens is 1. The monoisotopic (exact) mass is 287 g/mol. The summed E-state index contributed by atoms with van der Waals surface area (Å²) in [7, 11) is 0. The number of carbonyl (C=O) groups is 1. The molecule has 0 saturated carbocycles. The second kappa shape index (κ2) is 5.60. The van der Waals surface area contributed by atoms with E-state index in [4.69, 9.17) is 4.52 Å². The van der Waals surface area contributed by atoms with Crippen LogP contribution in [0.1, 0.15) is 37.7 Å². The van der Waals surface area contributed by atoms with Gasteiger partial charge in [0.15, 0.2) is 5.82 Å². The third-order valence-electron chi connectivity index (χ3n) is 3.12. The lowest BCUT2D eigenvalue weighted by Gasteiger charge is -2.12. The van der Waals surface area contributed by atoms with E-state index in [-0.39, 0.29) is 11.4 Å². The van der Waals surface area contributed by atoms with Gasteiger partial charge in [0.2, 0.25) is 0 Å². The highest BCUT2D eigenvalue weighted by Gasteiger charge is 2.20. The van der Waals surface area contributed by atoms with Gasteiger partial charge in [-0.1, -0.05) is 43.6 Å². The van der Waals surface area contributed by atoms with Gasteiger partial charge in [-0.05, 0) is 25.5 Å². The van der Waals surface area contributed by atoms with Crippen LogP contribution in [0, 0.1) is 13.8 Å². The highest BCUT2D eigenvalue weighted by molar-refractivity contribution is 5.99. The molecule has 0 aliphatic carbocycles. The van der Waals surface area contributed by atoms with E-state index in [9.17, 15) is 4.79 Å². The number of nitrogens with zero attached hydrogens (tertiary/aromatic N) is 1. The van der Waals surface area contributed by atoms with Crippen molar-refractivity contribution in [2.75, 3.05) is 10.6 Å². The van der Waals surface area contributed by atoms with Crippen molar-refractivity contribution >= 4 is 17.5 Å². The molecule has 2 N–H and O–H groups in total. The molecule has 0 atom stereocenters. The van der Waals surface area contributed by atoms with Crippen LogP contribution >= 0.6 is 0 Å². The van der Waals surface area contributed by atoms with Gasteiger partial charge in [0.05, 0.1) is 0 Å². The summed E-state index contributed by atoms with van der Waals surface area (Å²) in [5.41, 5.74) is 2.81. The van der Waals surface area contributed by atoms with E-state index in [1.165, 1.54) is 0 Å². The number of benzene rings is 1.